The molecule has 0 amide bonds. The van der Waals surface area contributed by atoms with Crippen molar-refractivity contribution in [1.29, 1.82) is 0 Å². The topological polar surface area (TPSA) is 74.6 Å². The third kappa shape index (κ3) is 12.1. The molecule has 0 bridgehead atoms. The monoisotopic (exact) mass is 322 g/mol. The first-order chi connectivity index (χ1) is 9.91. The minimum Gasteiger partial charge on any atom is -0.393 e. The average molecular weight is 323 g/mol. The molecule has 2 N–H and O–H groups in total. The largest absolute Gasteiger partial charge is 0.393 e. The van der Waals surface area contributed by atoms with Crippen molar-refractivity contribution in [1.82, 2.24) is 0 Å². The lowest BCUT2D eigenvalue weighted by molar-refractivity contribution is 0.150. The van der Waals surface area contributed by atoms with Crippen molar-refractivity contribution in [3.8, 4) is 0 Å². The normalized spacial score (nSPS) is 15.0. The molecular formula is C16H34O4S. The summed E-state index contributed by atoms with van der Waals surface area (Å²) in [5.74, 6) is 0. The van der Waals surface area contributed by atoms with E-state index >= 15 is 0 Å². The highest BCUT2D eigenvalue weighted by Crippen LogP contribution is 2.19. The van der Waals surface area contributed by atoms with Gasteiger partial charge in [-0.15, -0.1) is 0 Å². The SMILES string of the molecule is CCCCCCCC(CCCCC(O)CCC)S(=O)(=O)O. The lowest BCUT2D eigenvalue weighted by Crippen LogP contribution is -2.20. The predicted octanol–water partition coefficient (Wildman–Crippen LogP) is 4.32. The molecule has 0 saturated heterocycles. The van der Waals surface area contributed by atoms with E-state index < -0.39 is 15.4 Å². The van der Waals surface area contributed by atoms with Crippen molar-refractivity contribution < 1.29 is 18.1 Å². The second kappa shape index (κ2) is 12.4. The van der Waals surface area contributed by atoms with E-state index in [1.54, 1.807) is 0 Å². The van der Waals surface area contributed by atoms with E-state index in [1.165, 1.54) is 12.8 Å². The zero-order valence-electron chi connectivity index (χ0n) is 13.8. The van der Waals surface area contributed by atoms with Crippen molar-refractivity contribution in [3.63, 3.8) is 0 Å². The maximum absolute atomic E-state index is 11.4. The Morgan fingerprint density at radius 2 is 1.29 bits per heavy atom. The van der Waals surface area contributed by atoms with Crippen molar-refractivity contribution in [2.24, 2.45) is 0 Å². The Morgan fingerprint density at radius 1 is 0.762 bits per heavy atom. The first kappa shape index (κ1) is 20.9. The number of hydrogen-bond acceptors (Lipinski definition) is 3. The summed E-state index contributed by atoms with van der Waals surface area (Å²) >= 11 is 0. The van der Waals surface area contributed by atoms with Gasteiger partial charge in [-0.05, 0) is 25.7 Å². The molecule has 0 radical (unpaired) electrons. The highest BCUT2D eigenvalue weighted by molar-refractivity contribution is 7.86. The van der Waals surface area contributed by atoms with Gasteiger partial charge < -0.3 is 5.11 Å². The van der Waals surface area contributed by atoms with Crippen LogP contribution in [0.1, 0.15) is 90.9 Å². The lowest BCUT2D eigenvalue weighted by atomic mass is 10.0. The molecule has 0 saturated carbocycles. The third-order valence-corrected chi connectivity index (χ3v) is 5.30. The van der Waals surface area contributed by atoms with Gasteiger partial charge in [-0.1, -0.05) is 65.2 Å². The van der Waals surface area contributed by atoms with Gasteiger partial charge in [0.1, 0.15) is 0 Å². The molecule has 21 heavy (non-hydrogen) atoms. The number of unbranched alkanes of at least 4 members (excludes halogenated alkanes) is 5. The van der Waals surface area contributed by atoms with Crippen molar-refractivity contribution in [2.75, 3.05) is 0 Å². The first-order valence-corrected chi connectivity index (χ1v) is 10.1. The molecule has 0 heterocycles. The summed E-state index contributed by atoms with van der Waals surface area (Å²) in [6.07, 6.45) is 10.3. The summed E-state index contributed by atoms with van der Waals surface area (Å²) in [4.78, 5) is 0. The van der Waals surface area contributed by atoms with Crippen molar-refractivity contribution >= 4 is 10.1 Å². The van der Waals surface area contributed by atoms with Gasteiger partial charge in [0.25, 0.3) is 10.1 Å². The Hall–Kier alpha value is -0.130. The Bertz CT molecular complexity index is 327. The van der Waals surface area contributed by atoms with E-state index in [4.69, 9.17) is 0 Å². The lowest BCUT2D eigenvalue weighted by Gasteiger charge is -2.14. The fourth-order valence-electron chi connectivity index (χ4n) is 2.65. The summed E-state index contributed by atoms with van der Waals surface area (Å²) in [6, 6.07) is 0. The van der Waals surface area contributed by atoms with Crippen LogP contribution in [0.25, 0.3) is 0 Å². The van der Waals surface area contributed by atoms with Gasteiger partial charge in [0.15, 0.2) is 0 Å². The van der Waals surface area contributed by atoms with Crippen LogP contribution in [0.15, 0.2) is 0 Å². The summed E-state index contributed by atoms with van der Waals surface area (Å²) in [5.41, 5.74) is 0. The Balaban J connectivity index is 3.92. The molecule has 4 nitrogen and oxygen atoms in total. The van der Waals surface area contributed by atoms with Crippen LogP contribution < -0.4 is 0 Å². The van der Waals surface area contributed by atoms with Crippen LogP contribution in [0.4, 0.5) is 0 Å². The number of aliphatic hydroxyl groups excluding tert-OH is 1. The zero-order chi connectivity index (χ0) is 16.1. The van der Waals surface area contributed by atoms with Crippen LogP contribution in [-0.2, 0) is 10.1 Å². The predicted molar refractivity (Wildman–Crippen MR) is 88.1 cm³/mol. The fourth-order valence-corrected chi connectivity index (χ4v) is 3.58. The molecule has 0 aliphatic heterocycles. The van der Waals surface area contributed by atoms with Gasteiger partial charge in [0.2, 0.25) is 0 Å². The summed E-state index contributed by atoms with van der Waals surface area (Å²) < 4.78 is 32.1. The number of aliphatic hydroxyl groups is 1. The van der Waals surface area contributed by atoms with Crippen LogP contribution in [0.2, 0.25) is 0 Å². The minimum absolute atomic E-state index is 0.270. The molecule has 5 heteroatoms. The smallest absolute Gasteiger partial charge is 0.267 e. The van der Waals surface area contributed by atoms with Gasteiger partial charge in [-0.25, -0.2) is 0 Å². The van der Waals surface area contributed by atoms with Gasteiger partial charge in [-0.3, -0.25) is 4.55 Å². The van der Waals surface area contributed by atoms with E-state index in [2.05, 4.69) is 6.92 Å². The van der Waals surface area contributed by atoms with Crippen LogP contribution in [0.3, 0.4) is 0 Å². The Kier molecular flexibility index (Phi) is 12.3. The van der Waals surface area contributed by atoms with Gasteiger partial charge in [0, 0.05) is 0 Å². The molecular weight excluding hydrogens is 288 g/mol. The molecule has 0 rings (SSSR count). The first-order valence-electron chi connectivity index (χ1n) is 8.56. The molecule has 0 aromatic rings. The quantitative estimate of drug-likeness (QED) is 0.369. The van der Waals surface area contributed by atoms with E-state index in [1.807, 2.05) is 6.92 Å². The Morgan fingerprint density at radius 3 is 1.81 bits per heavy atom. The second-order valence-electron chi connectivity index (χ2n) is 6.07. The maximum atomic E-state index is 11.4. The molecule has 0 spiro atoms. The van der Waals surface area contributed by atoms with E-state index in [0.29, 0.717) is 12.8 Å². The molecule has 2 unspecified atom stereocenters. The molecule has 2 atom stereocenters. The van der Waals surface area contributed by atoms with Gasteiger partial charge in [-0.2, -0.15) is 8.42 Å². The molecule has 0 fully saturated rings. The number of hydrogen-bond donors (Lipinski definition) is 2. The maximum Gasteiger partial charge on any atom is 0.267 e. The zero-order valence-corrected chi connectivity index (χ0v) is 14.6. The molecule has 0 aromatic heterocycles. The van der Waals surface area contributed by atoms with Gasteiger partial charge >= 0.3 is 0 Å². The molecule has 128 valence electrons. The molecule has 0 aliphatic carbocycles. The standard InChI is InChI=1S/C16H34O4S/c1-3-5-6-7-8-13-16(21(18,19)20)14-10-9-12-15(17)11-4-2/h15-17H,3-14H2,1-2H3,(H,18,19,20). The molecule has 0 aliphatic rings. The second-order valence-corrected chi connectivity index (χ2v) is 7.76. The van der Waals surface area contributed by atoms with Crippen molar-refractivity contribution in [3.05, 3.63) is 0 Å². The molecule has 0 aromatic carbocycles. The highest BCUT2D eigenvalue weighted by Gasteiger charge is 2.21. The van der Waals surface area contributed by atoms with Crippen LogP contribution in [-0.4, -0.2) is 29.4 Å². The van der Waals surface area contributed by atoms with Crippen LogP contribution in [0, 0.1) is 0 Å². The van der Waals surface area contributed by atoms with E-state index in [0.717, 1.165) is 51.4 Å². The fraction of sp³-hybridized carbons (Fsp3) is 1.00. The Labute approximate surface area is 131 Å². The summed E-state index contributed by atoms with van der Waals surface area (Å²) in [6.45, 7) is 4.18. The van der Waals surface area contributed by atoms with Crippen molar-refractivity contribution in [2.45, 2.75) is 102 Å². The van der Waals surface area contributed by atoms with Crippen LogP contribution in [0.5, 0.6) is 0 Å². The van der Waals surface area contributed by atoms with E-state index in [-0.39, 0.29) is 6.10 Å². The summed E-state index contributed by atoms with van der Waals surface area (Å²) in [7, 11) is -3.93. The summed E-state index contributed by atoms with van der Waals surface area (Å²) in [5, 5.41) is 9.01. The minimum atomic E-state index is -3.93. The van der Waals surface area contributed by atoms with Gasteiger partial charge in [0.05, 0.1) is 11.4 Å². The third-order valence-electron chi connectivity index (χ3n) is 3.99. The number of rotatable bonds is 14. The van der Waals surface area contributed by atoms with Crippen LogP contribution >= 0.6 is 0 Å². The average Bonchev–Trinajstić information content (AvgIpc) is 2.39. The van der Waals surface area contributed by atoms with E-state index in [9.17, 15) is 18.1 Å². The highest BCUT2D eigenvalue weighted by atomic mass is 32.2.